The average Bonchev–Trinajstić information content (AvgIpc) is 2.47. The monoisotopic (exact) mass is 278 g/mol. The van der Waals surface area contributed by atoms with Crippen molar-refractivity contribution >= 4 is 11.6 Å². The number of rotatable bonds is 6. The summed E-state index contributed by atoms with van der Waals surface area (Å²) in [5.41, 5.74) is 0.936. The van der Waals surface area contributed by atoms with E-state index in [1.54, 1.807) is 0 Å². The van der Waals surface area contributed by atoms with Crippen LogP contribution in [0.1, 0.15) is 26.7 Å². The van der Waals surface area contributed by atoms with E-state index in [0.717, 1.165) is 23.6 Å². The predicted molar refractivity (Wildman–Crippen MR) is 78.4 cm³/mol. The molecule has 0 aromatic heterocycles. The highest BCUT2D eigenvalue weighted by atomic mass is 16.6. The maximum atomic E-state index is 11.6. The van der Waals surface area contributed by atoms with E-state index in [2.05, 4.69) is 17.6 Å². The van der Waals surface area contributed by atoms with Crippen LogP contribution in [0.5, 0.6) is 11.5 Å². The summed E-state index contributed by atoms with van der Waals surface area (Å²) < 4.78 is 11.0. The van der Waals surface area contributed by atoms with E-state index in [1.807, 2.05) is 25.1 Å². The number of nitrogens with one attached hydrogen (secondary N) is 2. The zero-order valence-electron chi connectivity index (χ0n) is 12.1. The van der Waals surface area contributed by atoms with Gasteiger partial charge in [-0.2, -0.15) is 0 Å². The van der Waals surface area contributed by atoms with Gasteiger partial charge >= 0.3 is 0 Å². The van der Waals surface area contributed by atoms with Gasteiger partial charge in [-0.15, -0.1) is 0 Å². The Kier molecular flexibility index (Phi) is 5.09. The third-order valence-electron chi connectivity index (χ3n) is 3.24. The summed E-state index contributed by atoms with van der Waals surface area (Å²) in [4.78, 5) is 11.6. The largest absolute Gasteiger partial charge is 0.486 e. The van der Waals surface area contributed by atoms with Gasteiger partial charge in [0.2, 0.25) is 5.91 Å². The molecule has 5 nitrogen and oxygen atoms in total. The Labute approximate surface area is 119 Å². The molecule has 0 saturated heterocycles. The topological polar surface area (TPSA) is 59.6 Å². The maximum absolute atomic E-state index is 11.6. The molecule has 1 aromatic carbocycles. The minimum absolute atomic E-state index is 0.0735. The summed E-state index contributed by atoms with van der Waals surface area (Å²) >= 11 is 0. The van der Waals surface area contributed by atoms with Gasteiger partial charge in [0.15, 0.2) is 11.5 Å². The second-order valence-corrected chi connectivity index (χ2v) is 4.91. The molecule has 0 fully saturated rings. The highest BCUT2D eigenvalue weighted by Crippen LogP contribution is 2.32. The maximum Gasteiger partial charge on any atom is 0.221 e. The van der Waals surface area contributed by atoms with E-state index >= 15 is 0 Å². The lowest BCUT2D eigenvalue weighted by molar-refractivity contribution is -0.121. The van der Waals surface area contributed by atoms with Crippen LogP contribution in [0.2, 0.25) is 0 Å². The van der Waals surface area contributed by atoms with Gasteiger partial charge in [0, 0.05) is 30.8 Å². The van der Waals surface area contributed by atoms with E-state index in [4.69, 9.17) is 9.47 Å². The highest BCUT2D eigenvalue weighted by Gasteiger charge is 2.11. The average molecular weight is 278 g/mol. The lowest BCUT2D eigenvalue weighted by Gasteiger charge is -2.19. The molecule has 0 aliphatic carbocycles. The van der Waals surface area contributed by atoms with Crippen LogP contribution < -0.4 is 20.1 Å². The molecule has 110 valence electrons. The minimum atomic E-state index is 0.0735. The van der Waals surface area contributed by atoms with Gasteiger partial charge < -0.3 is 20.1 Å². The molecule has 1 amide bonds. The molecule has 1 unspecified atom stereocenters. The van der Waals surface area contributed by atoms with Crippen LogP contribution in [0.3, 0.4) is 0 Å². The summed E-state index contributed by atoms with van der Waals surface area (Å²) in [6.07, 6.45) is 1.40. The number of benzene rings is 1. The Hall–Kier alpha value is -1.91. The fraction of sp³-hybridized carbons (Fsp3) is 0.533. The Morgan fingerprint density at radius 3 is 2.80 bits per heavy atom. The molecule has 0 bridgehead atoms. The molecule has 0 radical (unpaired) electrons. The first-order chi connectivity index (χ1) is 9.69. The first kappa shape index (κ1) is 14.5. The van der Waals surface area contributed by atoms with Gasteiger partial charge in [-0.1, -0.05) is 6.92 Å². The highest BCUT2D eigenvalue weighted by molar-refractivity contribution is 5.76. The molecular weight excluding hydrogens is 256 g/mol. The summed E-state index contributed by atoms with van der Waals surface area (Å²) in [7, 11) is 0. The van der Waals surface area contributed by atoms with Crippen LogP contribution in [-0.2, 0) is 4.79 Å². The summed E-state index contributed by atoms with van der Waals surface area (Å²) in [5, 5.41) is 6.16. The van der Waals surface area contributed by atoms with Crippen molar-refractivity contribution in [2.75, 3.05) is 25.1 Å². The first-order valence-electron chi connectivity index (χ1n) is 7.12. The second kappa shape index (κ2) is 7.03. The second-order valence-electron chi connectivity index (χ2n) is 4.91. The lowest BCUT2D eigenvalue weighted by atomic mass is 10.2. The normalized spacial score (nSPS) is 14.5. The van der Waals surface area contributed by atoms with Gasteiger partial charge in [-0.05, 0) is 25.5 Å². The molecule has 1 aliphatic rings. The van der Waals surface area contributed by atoms with Crippen LogP contribution in [0.25, 0.3) is 0 Å². The molecule has 1 atom stereocenters. The summed E-state index contributed by atoms with van der Waals surface area (Å²) in [6.45, 7) is 5.83. The van der Waals surface area contributed by atoms with Gasteiger partial charge in [0.05, 0.1) is 0 Å². The SMILES string of the molecule is CCC(C)NC(=O)CCNc1ccc2c(c1)OCCO2. The van der Waals surface area contributed by atoms with E-state index in [0.29, 0.717) is 26.2 Å². The Bertz CT molecular complexity index is 462. The fourth-order valence-electron chi connectivity index (χ4n) is 1.92. The molecule has 1 aliphatic heterocycles. The number of amides is 1. The minimum Gasteiger partial charge on any atom is -0.486 e. The number of carbonyl (C=O) groups is 1. The van der Waals surface area contributed by atoms with Gasteiger partial charge in [-0.3, -0.25) is 4.79 Å². The van der Waals surface area contributed by atoms with Crippen LogP contribution in [0.4, 0.5) is 5.69 Å². The van der Waals surface area contributed by atoms with Crippen LogP contribution in [-0.4, -0.2) is 31.7 Å². The molecule has 1 aromatic rings. The summed E-state index contributed by atoms with van der Waals surface area (Å²) in [5.74, 6) is 1.60. The third-order valence-corrected chi connectivity index (χ3v) is 3.24. The van der Waals surface area contributed by atoms with Crippen molar-refractivity contribution in [2.45, 2.75) is 32.7 Å². The molecule has 0 saturated carbocycles. The van der Waals surface area contributed by atoms with Gasteiger partial charge in [0.25, 0.3) is 0 Å². The standard InChI is InChI=1S/C15H22N2O3/c1-3-11(2)17-15(18)6-7-16-12-4-5-13-14(10-12)20-9-8-19-13/h4-5,10-11,16H,3,6-9H2,1-2H3,(H,17,18). The number of carbonyl (C=O) groups excluding carboxylic acids is 1. The molecule has 2 rings (SSSR count). The molecule has 2 N–H and O–H groups in total. The molecular formula is C15H22N2O3. The number of fused-ring (bicyclic) bond motifs is 1. The van der Waals surface area contributed by atoms with E-state index < -0.39 is 0 Å². The smallest absolute Gasteiger partial charge is 0.221 e. The van der Waals surface area contributed by atoms with Crippen LogP contribution in [0.15, 0.2) is 18.2 Å². The van der Waals surface area contributed by atoms with Gasteiger partial charge in [0.1, 0.15) is 13.2 Å². The number of anilines is 1. The zero-order valence-corrected chi connectivity index (χ0v) is 12.1. The van der Waals surface area contributed by atoms with Crippen LogP contribution in [0, 0.1) is 0 Å². The predicted octanol–water partition coefficient (Wildman–Crippen LogP) is 2.17. The van der Waals surface area contributed by atoms with Gasteiger partial charge in [-0.25, -0.2) is 0 Å². The molecule has 5 heteroatoms. The van der Waals surface area contributed by atoms with Crippen molar-refractivity contribution in [2.24, 2.45) is 0 Å². The quantitative estimate of drug-likeness (QED) is 0.837. The zero-order chi connectivity index (χ0) is 14.4. The van der Waals surface area contributed by atoms with Crippen molar-refractivity contribution in [3.8, 4) is 11.5 Å². The third kappa shape index (κ3) is 4.05. The van der Waals surface area contributed by atoms with E-state index in [1.165, 1.54) is 0 Å². The van der Waals surface area contributed by atoms with Crippen molar-refractivity contribution in [3.05, 3.63) is 18.2 Å². The molecule has 1 heterocycles. The van der Waals surface area contributed by atoms with E-state index in [9.17, 15) is 4.79 Å². The van der Waals surface area contributed by atoms with Crippen molar-refractivity contribution in [1.82, 2.24) is 5.32 Å². The van der Waals surface area contributed by atoms with Crippen LogP contribution >= 0.6 is 0 Å². The number of hydrogen-bond donors (Lipinski definition) is 2. The van der Waals surface area contributed by atoms with E-state index in [-0.39, 0.29) is 11.9 Å². The van der Waals surface area contributed by atoms with Crippen molar-refractivity contribution < 1.29 is 14.3 Å². The van der Waals surface area contributed by atoms with Crippen molar-refractivity contribution in [1.29, 1.82) is 0 Å². The first-order valence-corrected chi connectivity index (χ1v) is 7.12. The molecule has 0 spiro atoms. The Morgan fingerprint density at radius 1 is 1.30 bits per heavy atom. The summed E-state index contributed by atoms with van der Waals surface area (Å²) in [6, 6.07) is 5.95. The number of hydrogen-bond acceptors (Lipinski definition) is 4. The van der Waals surface area contributed by atoms with Crippen molar-refractivity contribution in [3.63, 3.8) is 0 Å². The number of ether oxygens (including phenoxy) is 2. The Morgan fingerprint density at radius 2 is 2.05 bits per heavy atom. The molecule has 20 heavy (non-hydrogen) atoms. The fourth-order valence-corrected chi connectivity index (χ4v) is 1.92. The lowest BCUT2D eigenvalue weighted by Crippen LogP contribution is -2.32. The Balaban J connectivity index is 1.78.